The van der Waals surface area contributed by atoms with Crippen LogP contribution in [0.5, 0.6) is 0 Å². The molecule has 0 radical (unpaired) electrons. The number of benzene rings is 1. The molecule has 0 aliphatic rings. The number of furan rings is 1. The van der Waals surface area contributed by atoms with Gasteiger partial charge in [0.15, 0.2) is 5.69 Å². The Labute approximate surface area is 164 Å². The summed E-state index contributed by atoms with van der Waals surface area (Å²) in [5.41, 5.74) is 1.06. The van der Waals surface area contributed by atoms with Gasteiger partial charge >= 0.3 is 0 Å². The van der Waals surface area contributed by atoms with E-state index in [2.05, 4.69) is 17.3 Å². The molecule has 2 heterocycles. The Balaban J connectivity index is 1.96. The second kappa shape index (κ2) is 8.42. The van der Waals surface area contributed by atoms with Gasteiger partial charge < -0.3 is 9.73 Å². The molecule has 0 saturated carbocycles. The highest BCUT2D eigenvalue weighted by atomic mass is 16.3. The Morgan fingerprint density at radius 3 is 2.57 bits per heavy atom. The van der Waals surface area contributed by atoms with E-state index in [1.165, 1.54) is 4.68 Å². The summed E-state index contributed by atoms with van der Waals surface area (Å²) in [6.45, 7) is 8.29. The third kappa shape index (κ3) is 4.01. The molecule has 6 heteroatoms. The average molecular weight is 381 g/mol. The summed E-state index contributed by atoms with van der Waals surface area (Å²) in [5.74, 6) is 1.29. The second-order valence-electron chi connectivity index (χ2n) is 7.19. The van der Waals surface area contributed by atoms with Gasteiger partial charge in [0.05, 0.1) is 11.4 Å². The van der Waals surface area contributed by atoms with Crippen LogP contribution in [0.25, 0.3) is 10.8 Å². The molecule has 1 unspecified atom stereocenters. The zero-order valence-electron chi connectivity index (χ0n) is 16.9. The highest BCUT2D eigenvalue weighted by Crippen LogP contribution is 2.22. The molecule has 1 N–H and O–H groups in total. The smallest absolute Gasteiger partial charge is 0.274 e. The van der Waals surface area contributed by atoms with Crippen LogP contribution in [0.1, 0.15) is 66.7 Å². The summed E-state index contributed by atoms with van der Waals surface area (Å²) in [5, 5.41) is 8.50. The lowest BCUT2D eigenvalue weighted by molar-refractivity contribution is 0.0934. The number of nitrogens with one attached hydrogen (secondary N) is 1. The molecule has 1 aromatic carbocycles. The fourth-order valence-electron chi connectivity index (χ4n) is 3.49. The number of unbranched alkanes of at least 4 members (excludes halogenated alkanes) is 2. The number of aromatic nitrogens is 2. The third-order valence-corrected chi connectivity index (χ3v) is 4.95. The van der Waals surface area contributed by atoms with Gasteiger partial charge in [-0.1, -0.05) is 38.0 Å². The number of amides is 1. The molecule has 0 fully saturated rings. The number of nitrogens with zero attached hydrogens (tertiary/aromatic N) is 2. The third-order valence-electron chi connectivity index (χ3n) is 4.95. The van der Waals surface area contributed by atoms with Gasteiger partial charge in [-0.2, -0.15) is 5.10 Å². The van der Waals surface area contributed by atoms with E-state index in [1.807, 2.05) is 39.0 Å². The normalized spacial score (nSPS) is 12.3. The molecule has 0 aliphatic carbocycles. The van der Waals surface area contributed by atoms with Crippen molar-refractivity contribution >= 4 is 16.7 Å². The molecule has 2 aromatic heterocycles. The maximum atomic E-state index is 13.0. The van der Waals surface area contributed by atoms with Crippen LogP contribution in [0.15, 0.2) is 39.5 Å². The van der Waals surface area contributed by atoms with Gasteiger partial charge in [0.2, 0.25) is 0 Å². The Morgan fingerprint density at radius 1 is 1.21 bits per heavy atom. The molecular weight excluding hydrogens is 354 g/mol. The van der Waals surface area contributed by atoms with Crippen molar-refractivity contribution in [3.05, 3.63) is 63.5 Å². The summed E-state index contributed by atoms with van der Waals surface area (Å²) in [7, 11) is 0. The van der Waals surface area contributed by atoms with Crippen LogP contribution in [0.2, 0.25) is 0 Å². The minimum atomic E-state index is -0.300. The van der Waals surface area contributed by atoms with Crippen molar-refractivity contribution in [1.82, 2.24) is 15.1 Å². The minimum Gasteiger partial charge on any atom is -0.466 e. The summed E-state index contributed by atoms with van der Waals surface area (Å²) in [6, 6.07) is 8.84. The van der Waals surface area contributed by atoms with E-state index in [0.29, 0.717) is 17.3 Å². The molecule has 0 spiro atoms. The highest BCUT2D eigenvalue weighted by Gasteiger charge is 2.20. The zero-order valence-corrected chi connectivity index (χ0v) is 16.9. The number of carbonyl (C=O) groups excluding carboxylic acids is 1. The van der Waals surface area contributed by atoms with E-state index in [0.717, 1.165) is 36.3 Å². The SMILES string of the molecule is CCCCCn1nc(C(=O)NC(C)c2cc(C)oc2C)c2ccccc2c1=O. The van der Waals surface area contributed by atoms with Crippen LogP contribution in [-0.4, -0.2) is 15.7 Å². The van der Waals surface area contributed by atoms with E-state index >= 15 is 0 Å². The largest absolute Gasteiger partial charge is 0.466 e. The van der Waals surface area contributed by atoms with Crippen LogP contribution >= 0.6 is 0 Å². The van der Waals surface area contributed by atoms with Crippen LogP contribution in [0.4, 0.5) is 0 Å². The van der Waals surface area contributed by atoms with E-state index < -0.39 is 0 Å². The van der Waals surface area contributed by atoms with Crippen molar-refractivity contribution in [2.24, 2.45) is 0 Å². The quantitative estimate of drug-likeness (QED) is 0.620. The Bertz CT molecular complexity index is 1050. The Hall–Kier alpha value is -2.89. The molecule has 3 aromatic rings. The molecule has 3 rings (SSSR count). The van der Waals surface area contributed by atoms with Gasteiger partial charge in [-0.05, 0) is 39.3 Å². The topological polar surface area (TPSA) is 77.1 Å². The van der Waals surface area contributed by atoms with Crippen LogP contribution in [0.3, 0.4) is 0 Å². The lowest BCUT2D eigenvalue weighted by Crippen LogP contribution is -2.32. The van der Waals surface area contributed by atoms with Crippen LogP contribution in [-0.2, 0) is 6.54 Å². The maximum absolute atomic E-state index is 13.0. The van der Waals surface area contributed by atoms with Gasteiger partial charge in [-0.3, -0.25) is 9.59 Å². The van der Waals surface area contributed by atoms with Crippen molar-refractivity contribution in [2.75, 3.05) is 0 Å². The highest BCUT2D eigenvalue weighted by molar-refractivity contribution is 6.04. The van der Waals surface area contributed by atoms with Crippen molar-refractivity contribution < 1.29 is 9.21 Å². The van der Waals surface area contributed by atoms with E-state index in [1.54, 1.807) is 12.1 Å². The number of hydrogen-bond donors (Lipinski definition) is 1. The first-order chi connectivity index (χ1) is 13.4. The number of hydrogen-bond acceptors (Lipinski definition) is 4. The molecule has 0 bridgehead atoms. The van der Waals surface area contributed by atoms with Crippen molar-refractivity contribution in [2.45, 2.75) is 59.5 Å². The zero-order chi connectivity index (χ0) is 20.3. The number of rotatable bonds is 7. The number of aryl methyl sites for hydroxylation is 3. The van der Waals surface area contributed by atoms with Crippen LogP contribution in [0, 0.1) is 13.8 Å². The van der Waals surface area contributed by atoms with Gasteiger partial charge in [-0.15, -0.1) is 0 Å². The van der Waals surface area contributed by atoms with E-state index in [-0.39, 0.29) is 23.2 Å². The Morgan fingerprint density at radius 2 is 1.93 bits per heavy atom. The monoisotopic (exact) mass is 381 g/mol. The predicted molar refractivity (Wildman–Crippen MR) is 110 cm³/mol. The summed E-state index contributed by atoms with van der Waals surface area (Å²) in [6.07, 6.45) is 2.92. The molecule has 1 atom stereocenters. The van der Waals surface area contributed by atoms with Crippen molar-refractivity contribution in [3.8, 4) is 0 Å². The molecule has 0 saturated heterocycles. The number of fused-ring (bicyclic) bond motifs is 1. The first-order valence-electron chi connectivity index (χ1n) is 9.80. The summed E-state index contributed by atoms with van der Waals surface area (Å²) < 4.78 is 6.99. The van der Waals surface area contributed by atoms with Gasteiger partial charge in [-0.25, -0.2) is 4.68 Å². The van der Waals surface area contributed by atoms with Crippen molar-refractivity contribution in [3.63, 3.8) is 0 Å². The van der Waals surface area contributed by atoms with Gasteiger partial charge in [0, 0.05) is 17.5 Å². The first kappa shape index (κ1) is 19.9. The van der Waals surface area contributed by atoms with Gasteiger partial charge in [0.25, 0.3) is 11.5 Å². The summed E-state index contributed by atoms with van der Waals surface area (Å²) in [4.78, 5) is 25.8. The first-order valence-corrected chi connectivity index (χ1v) is 9.80. The van der Waals surface area contributed by atoms with Crippen molar-refractivity contribution in [1.29, 1.82) is 0 Å². The standard InChI is InChI=1S/C22H27N3O3/c1-5-6-9-12-25-22(27)18-11-8-7-10-17(18)20(24-25)21(26)23-15(3)19-13-14(2)28-16(19)4/h7-8,10-11,13,15H,5-6,9,12H2,1-4H3,(H,23,26). The lowest BCUT2D eigenvalue weighted by atomic mass is 10.1. The average Bonchev–Trinajstić information content (AvgIpc) is 3.02. The predicted octanol–water partition coefficient (Wildman–Crippen LogP) is 4.29. The maximum Gasteiger partial charge on any atom is 0.274 e. The fraction of sp³-hybridized carbons (Fsp3) is 0.409. The molecule has 6 nitrogen and oxygen atoms in total. The minimum absolute atomic E-state index is 0.155. The van der Waals surface area contributed by atoms with Gasteiger partial charge in [0.1, 0.15) is 11.5 Å². The van der Waals surface area contributed by atoms with E-state index in [4.69, 9.17) is 4.42 Å². The Kier molecular flexibility index (Phi) is 5.97. The molecule has 0 aliphatic heterocycles. The van der Waals surface area contributed by atoms with Crippen LogP contribution < -0.4 is 10.9 Å². The molecule has 148 valence electrons. The van der Waals surface area contributed by atoms with E-state index in [9.17, 15) is 9.59 Å². The summed E-state index contributed by atoms with van der Waals surface area (Å²) >= 11 is 0. The molecular formula is C22H27N3O3. The lowest BCUT2D eigenvalue weighted by Gasteiger charge is -2.15. The molecule has 28 heavy (non-hydrogen) atoms. The second-order valence-corrected chi connectivity index (χ2v) is 7.19. The molecule has 1 amide bonds. The number of carbonyl (C=O) groups is 1. The fourth-order valence-corrected chi connectivity index (χ4v) is 3.49.